The Morgan fingerprint density at radius 3 is 2.70 bits per heavy atom. The van der Waals surface area contributed by atoms with Crippen molar-refractivity contribution in [1.29, 1.82) is 0 Å². The lowest BCUT2D eigenvalue weighted by Crippen LogP contribution is -2.46. The van der Waals surface area contributed by atoms with E-state index in [4.69, 9.17) is 9.73 Å². The number of aliphatic imine (C=N–C) groups is 1. The van der Waals surface area contributed by atoms with Crippen LogP contribution in [0.25, 0.3) is 0 Å². The quantitative estimate of drug-likeness (QED) is 0.762. The number of hydrogen-bond acceptors (Lipinski definition) is 4. The molecule has 23 heavy (non-hydrogen) atoms. The molecule has 2 aliphatic rings. The summed E-state index contributed by atoms with van der Waals surface area (Å²) in [6.07, 6.45) is 0. The standard InChI is InChI=1S/C17H15BrFN3O/c18-11-1-3-15-13(9-11)17(22-7-5-20-6-8-22)21-14-10-12(19)2-4-16(14)23-15/h1-4,9-10,20H,5-8H2. The van der Waals surface area contributed by atoms with Crippen LogP contribution in [0.2, 0.25) is 0 Å². The number of nitrogens with one attached hydrogen (secondary N) is 1. The third-order valence-corrected chi connectivity index (χ3v) is 4.46. The van der Waals surface area contributed by atoms with Gasteiger partial charge in [0.1, 0.15) is 23.1 Å². The van der Waals surface area contributed by atoms with Gasteiger partial charge in [-0.25, -0.2) is 9.38 Å². The minimum absolute atomic E-state index is 0.317. The van der Waals surface area contributed by atoms with E-state index in [1.165, 1.54) is 12.1 Å². The van der Waals surface area contributed by atoms with Crippen molar-refractivity contribution in [1.82, 2.24) is 10.2 Å². The topological polar surface area (TPSA) is 36.9 Å². The average molecular weight is 376 g/mol. The fraction of sp³-hybridized carbons (Fsp3) is 0.235. The number of benzene rings is 2. The first-order valence-electron chi connectivity index (χ1n) is 7.52. The first kappa shape index (κ1) is 14.7. The van der Waals surface area contributed by atoms with Gasteiger partial charge < -0.3 is 15.0 Å². The lowest BCUT2D eigenvalue weighted by atomic mass is 10.1. The van der Waals surface area contributed by atoms with Gasteiger partial charge in [0.25, 0.3) is 0 Å². The SMILES string of the molecule is Fc1ccc2c(c1)N=C(N1CCNCC1)c1cc(Br)ccc1O2. The number of hydrogen-bond donors (Lipinski definition) is 1. The van der Waals surface area contributed by atoms with Crippen LogP contribution in [0.3, 0.4) is 0 Å². The molecule has 2 aromatic rings. The van der Waals surface area contributed by atoms with E-state index < -0.39 is 0 Å². The Bertz CT molecular complexity index is 787. The van der Waals surface area contributed by atoms with E-state index in [-0.39, 0.29) is 5.82 Å². The second kappa shape index (κ2) is 5.94. The summed E-state index contributed by atoms with van der Waals surface area (Å²) >= 11 is 3.51. The predicted molar refractivity (Wildman–Crippen MR) is 91.3 cm³/mol. The van der Waals surface area contributed by atoms with Gasteiger partial charge in [-0.3, -0.25) is 0 Å². The van der Waals surface area contributed by atoms with E-state index in [1.807, 2.05) is 18.2 Å². The fourth-order valence-corrected chi connectivity index (χ4v) is 3.20. The molecule has 4 nitrogen and oxygen atoms in total. The molecule has 4 rings (SSSR count). The van der Waals surface area contributed by atoms with E-state index in [2.05, 4.69) is 26.1 Å². The molecular formula is C17H15BrFN3O. The molecule has 118 valence electrons. The first-order chi connectivity index (χ1) is 11.2. The third kappa shape index (κ3) is 2.84. The monoisotopic (exact) mass is 375 g/mol. The highest BCUT2D eigenvalue weighted by molar-refractivity contribution is 9.10. The molecule has 0 unspecified atom stereocenters. The number of nitrogens with zero attached hydrogens (tertiary/aromatic N) is 2. The Balaban J connectivity index is 1.89. The summed E-state index contributed by atoms with van der Waals surface area (Å²) in [4.78, 5) is 6.95. The van der Waals surface area contributed by atoms with E-state index in [1.54, 1.807) is 6.07 Å². The Hall–Kier alpha value is -1.92. The van der Waals surface area contributed by atoms with Crippen molar-refractivity contribution in [2.75, 3.05) is 26.2 Å². The van der Waals surface area contributed by atoms with Gasteiger partial charge in [-0.2, -0.15) is 0 Å². The van der Waals surface area contributed by atoms with Crippen LogP contribution in [-0.4, -0.2) is 36.9 Å². The summed E-state index contributed by atoms with van der Waals surface area (Å²) in [6.45, 7) is 3.52. The molecule has 0 amide bonds. The van der Waals surface area contributed by atoms with Gasteiger partial charge in [0, 0.05) is 36.7 Å². The minimum Gasteiger partial charge on any atom is -0.454 e. The largest absolute Gasteiger partial charge is 0.454 e. The lowest BCUT2D eigenvalue weighted by Gasteiger charge is -2.30. The molecule has 1 fully saturated rings. The molecule has 0 bridgehead atoms. The van der Waals surface area contributed by atoms with Crippen LogP contribution in [0.4, 0.5) is 10.1 Å². The zero-order valence-corrected chi connectivity index (χ0v) is 13.9. The van der Waals surface area contributed by atoms with Gasteiger partial charge in [0.2, 0.25) is 0 Å². The fourth-order valence-electron chi connectivity index (χ4n) is 2.84. The number of rotatable bonds is 0. The Labute approximate surface area is 142 Å². The second-order valence-corrected chi connectivity index (χ2v) is 6.44. The normalized spacial score (nSPS) is 16.8. The highest BCUT2D eigenvalue weighted by Gasteiger charge is 2.24. The predicted octanol–water partition coefficient (Wildman–Crippen LogP) is 3.68. The van der Waals surface area contributed by atoms with Crippen LogP contribution >= 0.6 is 15.9 Å². The molecule has 0 aliphatic carbocycles. The van der Waals surface area contributed by atoms with Crippen LogP contribution in [0, 0.1) is 5.82 Å². The van der Waals surface area contributed by atoms with Gasteiger partial charge in [0.05, 0.1) is 5.56 Å². The van der Waals surface area contributed by atoms with E-state index in [0.29, 0.717) is 11.4 Å². The zero-order valence-electron chi connectivity index (χ0n) is 12.4. The van der Waals surface area contributed by atoms with Gasteiger partial charge >= 0.3 is 0 Å². The molecule has 1 saturated heterocycles. The molecule has 0 aromatic heterocycles. The van der Waals surface area contributed by atoms with Crippen LogP contribution in [-0.2, 0) is 0 Å². The molecule has 0 atom stereocenters. The Morgan fingerprint density at radius 1 is 1.09 bits per heavy atom. The molecular weight excluding hydrogens is 361 g/mol. The van der Waals surface area contributed by atoms with Crippen molar-refractivity contribution in [3.8, 4) is 11.5 Å². The van der Waals surface area contributed by atoms with E-state index >= 15 is 0 Å². The number of fused-ring (bicyclic) bond motifs is 2. The maximum atomic E-state index is 13.6. The van der Waals surface area contributed by atoms with Crippen molar-refractivity contribution >= 4 is 27.5 Å². The van der Waals surface area contributed by atoms with Crippen LogP contribution in [0.1, 0.15) is 5.56 Å². The lowest BCUT2D eigenvalue weighted by molar-refractivity contribution is 0.357. The van der Waals surface area contributed by atoms with Gasteiger partial charge in [0.15, 0.2) is 5.75 Å². The highest BCUT2D eigenvalue weighted by Crippen LogP contribution is 2.39. The number of halogens is 2. The minimum atomic E-state index is -0.317. The molecule has 1 N–H and O–H groups in total. The van der Waals surface area contributed by atoms with E-state index in [0.717, 1.165) is 47.8 Å². The molecule has 0 radical (unpaired) electrons. The van der Waals surface area contributed by atoms with Crippen LogP contribution in [0.5, 0.6) is 11.5 Å². The molecule has 0 saturated carbocycles. The molecule has 6 heteroatoms. The van der Waals surface area contributed by atoms with Gasteiger partial charge in [-0.1, -0.05) is 15.9 Å². The molecule has 2 aliphatic heterocycles. The highest BCUT2D eigenvalue weighted by atomic mass is 79.9. The van der Waals surface area contributed by atoms with E-state index in [9.17, 15) is 4.39 Å². The smallest absolute Gasteiger partial charge is 0.153 e. The molecule has 2 aromatic carbocycles. The maximum absolute atomic E-state index is 13.6. The van der Waals surface area contributed by atoms with Crippen molar-refractivity contribution in [3.63, 3.8) is 0 Å². The second-order valence-electron chi connectivity index (χ2n) is 5.53. The average Bonchev–Trinajstić information content (AvgIpc) is 2.72. The number of ether oxygens (including phenoxy) is 1. The summed E-state index contributed by atoms with van der Waals surface area (Å²) in [7, 11) is 0. The summed E-state index contributed by atoms with van der Waals surface area (Å²) < 4.78 is 20.6. The maximum Gasteiger partial charge on any atom is 0.153 e. The van der Waals surface area contributed by atoms with Crippen molar-refractivity contribution in [3.05, 3.63) is 52.3 Å². The first-order valence-corrected chi connectivity index (χ1v) is 8.32. The van der Waals surface area contributed by atoms with Gasteiger partial charge in [-0.15, -0.1) is 0 Å². The van der Waals surface area contributed by atoms with Crippen LogP contribution in [0.15, 0.2) is 45.9 Å². The van der Waals surface area contributed by atoms with Crippen molar-refractivity contribution < 1.29 is 9.13 Å². The summed E-state index contributed by atoms with van der Waals surface area (Å²) in [5, 5.41) is 3.34. The zero-order chi connectivity index (χ0) is 15.8. The van der Waals surface area contributed by atoms with Crippen molar-refractivity contribution in [2.24, 2.45) is 4.99 Å². The molecule has 2 heterocycles. The number of piperazine rings is 1. The number of amidine groups is 1. The third-order valence-electron chi connectivity index (χ3n) is 3.97. The van der Waals surface area contributed by atoms with Gasteiger partial charge in [-0.05, 0) is 30.3 Å². The Kier molecular flexibility index (Phi) is 3.79. The van der Waals surface area contributed by atoms with Crippen molar-refractivity contribution in [2.45, 2.75) is 0 Å². The summed E-state index contributed by atoms with van der Waals surface area (Å²) in [5.74, 6) is 1.81. The molecule has 0 spiro atoms. The summed E-state index contributed by atoms with van der Waals surface area (Å²) in [5.41, 5.74) is 1.43. The summed E-state index contributed by atoms with van der Waals surface area (Å²) in [6, 6.07) is 10.3. The van der Waals surface area contributed by atoms with Crippen LogP contribution < -0.4 is 10.1 Å². The Morgan fingerprint density at radius 2 is 1.87 bits per heavy atom.